The van der Waals surface area contributed by atoms with Gasteiger partial charge in [0.05, 0.1) is 5.69 Å². The van der Waals surface area contributed by atoms with Gasteiger partial charge in [0.25, 0.3) is 0 Å². The number of rotatable bonds is 3. The smallest absolute Gasteiger partial charge is 0.231 e. The van der Waals surface area contributed by atoms with Gasteiger partial charge in [0.2, 0.25) is 6.79 Å². The summed E-state index contributed by atoms with van der Waals surface area (Å²) in [6.07, 6.45) is 1.65. The van der Waals surface area contributed by atoms with E-state index >= 15 is 0 Å². The van der Waals surface area contributed by atoms with E-state index < -0.39 is 0 Å². The van der Waals surface area contributed by atoms with E-state index in [0.29, 0.717) is 6.54 Å². The Labute approximate surface area is 105 Å². The van der Waals surface area contributed by atoms with Gasteiger partial charge in [-0.15, -0.1) is 0 Å². The summed E-state index contributed by atoms with van der Waals surface area (Å²) in [5.41, 5.74) is 7.76. The summed E-state index contributed by atoms with van der Waals surface area (Å²) >= 11 is 0. The van der Waals surface area contributed by atoms with Crippen LogP contribution in [0.15, 0.2) is 36.5 Å². The van der Waals surface area contributed by atoms with Crippen molar-refractivity contribution in [1.29, 1.82) is 0 Å². The molecule has 3 rings (SSSR count). The summed E-state index contributed by atoms with van der Waals surface area (Å²) in [5, 5.41) is 8.01. The maximum absolute atomic E-state index is 5.84. The number of hydrogen-bond donors (Lipinski definition) is 1. The first kappa shape index (κ1) is 11.0. The molecule has 1 aliphatic heterocycles. The average molecular weight is 243 g/mol. The lowest BCUT2D eigenvalue weighted by Crippen LogP contribution is -2.15. The molecule has 2 heterocycles. The summed E-state index contributed by atoms with van der Waals surface area (Å²) < 4.78 is 10.7. The molecule has 0 aliphatic carbocycles. The van der Waals surface area contributed by atoms with Crippen LogP contribution in [-0.2, 0) is 0 Å². The van der Waals surface area contributed by atoms with Gasteiger partial charge in [-0.3, -0.25) is 0 Å². The Morgan fingerprint density at radius 1 is 1.22 bits per heavy atom. The Kier molecular flexibility index (Phi) is 2.82. The van der Waals surface area contributed by atoms with Crippen molar-refractivity contribution in [1.82, 2.24) is 10.2 Å². The molecule has 1 aromatic carbocycles. The molecule has 0 bridgehead atoms. The molecule has 0 fully saturated rings. The molecule has 1 unspecified atom stereocenters. The normalized spacial score (nSPS) is 14.5. The van der Waals surface area contributed by atoms with Crippen LogP contribution in [0.25, 0.3) is 0 Å². The molecular formula is C13H13N3O2. The lowest BCUT2D eigenvalue weighted by Gasteiger charge is -2.14. The van der Waals surface area contributed by atoms with Crippen molar-refractivity contribution in [2.45, 2.75) is 5.92 Å². The number of fused-ring (bicyclic) bond motifs is 1. The Morgan fingerprint density at radius 2 is 2.11 bits per heavy atom. The van der Waals surface area contributed by atoms with E-state index in [1.165, 1.54) is 0 Å². The zero-order valence-corrected chi connectivity index (χ0v) is 9.74. The number of aromatic nitrogens is 2. The number of nitrogens with zero attached hydrogens (tertiary/aromatic N) is 2. The quantitative estimate of drug-likeness (QED) is 0.879. The monoisotopic (exact) mass is 243 g/mol. The van der Waals surface area contributed by atoms with E-state index in [1.54, 1.807) is 6.20 Å². The van der Waals surface area contributed by atoms with E-state index in [9.17, 15) is 0 Å². The maximum Gasteiger partial charge on any atom is 0.231 e. The van der Waals surface area contributed by atoms with Crippen LogP contribution in [-0.4, -0.2) is 23.5 Å². The van der Waals surface area contributed by atoms with E-state index in [4.69, 9.17) is 15.2 Å². The van der Waals surface area contributed by atoms with Gasteiger partial charge in [0, 0.05) is 18.7 Å². The molecule has 2 N–H and O–H groups in total. The molecule has 0 saturated heterocycles. The van der Waals surface area contributed by atoms with E-state index in [0.717, 1.165) is 22.8 Å². The second kappa shape index (κ2) is 4.62. The molecule has 2 aromatic rings. The lowest BCUT2D eigenvalue weighted by atomic mass is 9.95. The van der Waals surface area contributed by atoms with E-state index in [2.05, 4.69) is 10.2 Å². The van der Waals surface area contributed by atoms with Crippen LogP contribution in [0, 0.1) is 0 Å². The predicted octanol–water partition coefficient (Wildman–Crippen LogP) is 1.30. The number of benzene rings is 1. The van der Waals surface area contributed by atoms with Crippen LogP contribution in [0.4, 0.5) is 0 Å². The molecular weight excluding hydrogens is 230 g/mol. The summed E-state index contributed by atoms with van der Waals surface area (Å²) in [5.74, 6) is 1.55. The van der Waals surface area contributed by atoms with Gasteiger partial charge in [0.15, 0.2) is 11.5 Å². The van der Waals surface area contributed by atoms with Crippen LogP contribution in [0.2, 0.25) is 0 Å². The molecule has 18 heavy (non-hydrogen) atoms. The maximum atomic E-state index is 5.84. The third kappa shape index (κ3) is 1.89. The first-order valence-corrected chi connectivity index (χ1v) is 5.75. The Morgan fingerprint density at radius 3 is 2.89 bits per heavy atom. The summed E-state index contributed by atoms with van der Waals surface area (Å²) in [6.45, 7) is 0.746. The minimum atomic E-state index is 0.0215. The Hall–Kier alpha value is -2.14. The van der Waals surface area contributed by atoms with Crippen molar-refractivity contribution in [3.05, 3.63) is 47.8 Å². The van der Waals surface area contributed by atoms with Crippen molar-refractivity contribution in [3.8, 4) is 11.5 Å². The Balaban J connectivity index is 1.97. The fourth-order valence-corrected chi connectivity index (χ4v) is 2.06. The first-order chi connectivity index (χ1) is 8.88. The molecule has 1 aromatic heterocycles. The van der Waals surface area contributed by atoms with Crippen molar-refractivity contribution < 1.29 is 9.47 Å². The minimum Gasteiger partial charge on any atom is -0.454 e. The fraction of sp³-hybridized carbons (Fsp3) is 0.231. The van der Waals surface area contributed by atoms with Gasteiger partial charge in [-0.05, 0) is 29.8 Å². The van der Waals surface area contributed by atoms with Crippen molar-refractivity contribution in [2.24, 2.45) is 5.73 Å². The van der Waals surface area contributed by atoms with Crippen LogP contribution < -0.4 is 15.2 Å². The molecule has 5 heteroatoms. The largest absolute Gasteiger partial charge is 0.454 e. The number of ether oxygens (including phenoxy) is 2. The SMILES string of the molecule is NCC(c1ccc2c(c1)OCO2)c1cccnn1. The number of nitrogens with two attached hydrogens (primary N) is 1. The number of hydrogen-bond acceptors (Lipinski definition) is 5. The third-order valence-electron chi connectivity index (χ3n) is 2.98. The van der Waals surface area contributed by atoms with Gasteiger partial charge in [0.1, 0.15) is 0 Å². The van der Waals surface area contributed by atoms with Gasteiger partial charge in [-0.2, -0.15) is 10.2 Å². The second-order valence-corrected chi connectivity index (χ2v) is 4.05. The summed E-state index contributed by atoms with van der Waals surface area (Å²) in [4.78, 5) is 0. The molecule has 0 spiro atoms. The van der Waals surface area contributed by atoms with Gasteiger partial charge >= 0.3 is 0 Å². The van der Waals surface area contributed by atoms with Crippen LogP contribution in [0.5, 0.6) is 11.5 Å². The highest BCUT2D eigenvalue weighted by Crippen LogP contribution is 2.35. The summed E-state index contributed by atoms with van der Waals surface area (Å²) in [6, 6.07) is 9.62. The summed E-state index contributed by atoms with van der Waals surface area (Å²) in [7, 11) is 0. The van der Waals surface area contributed by atoms with Crippen molar-refractivity contribution in [3.63, 3.8) is 0 Å². The van der Waals surface area contributed by atoms with Crippen molar-refractivity contribution in [2.75, 3.05) is 13.3 Å². The predicted molar refractivity (Wildman–Crippen MR) is 65.5 cm³/mol. The molecule has 0 amide bonds. The van der Waals surface area contributed by atoms with E-state index in [1.807, 2.05) is 30.3 Å². The highest BCUT2D eigenvalue weighted by atomic mass is 16.7. The van der Waals surface area contributed by atoms with E-state index in [-0.39, 0.29) is 12.7 Å². The van der Waals surface area contributed by atoms with Crippen LogP contribution in [0.3, 0.4) is 0 Å². The fourth-order valence-electron chi connectivity index (χ4n) is 2.06. The third-order valence-corrected chi connectivity index (χ3v) is 2.98. The highest BCUT2D eigenvalue weighted by Gasteiger charge is 2.19. The van der Waals surface area contributed by atoms with Gasteiger partial charge in [-0.1, -0.05) is 6.07 Å². The van der Waals surface area contributed by atoms with Gasteiger partial charge in [-0.25, -0.2) is 0 Å². The molecule has 1 atom stereocenters. The highest BCUT2D eigenvalue weighted by molar-refractivity contribution is 5.46. The Bertz CT molecular complexity index is 545. The lowest BCUT2D eigenvalue weighted by molar-refractivity contribution is 0.174. The molecule has 92 valence electrons. The van der Waals surface area contributed by atoms with Crippen LogP contribution >= 0.6 is 0 Å². The topological polar surface area (TPSA) is 70.3 Å². The van der Waals surface area contributed by atoms with Gasteiger partial charge < -0.3 is 15.2 Å². The van der Waals surface area contributed by atoms with Crippen LogP contribution in [0.1, 0.15) is 17.2 Å². The average Bonchev–Trinajstić information content (AvgIpc) is 2.88. The second-order valence-electron chi connectivity index (χ2n) is 4.05. The molecule has 5 nitrogen and oxygen atoms in total. The molecule has 1 aliphatic rings. The molecule has 0 radical (unpaired) electrons. The zero-order valence-electron chi connectivity index (χ0n) is 9.74. The minimum absolute atomic E-state index is 0.0215. The standard InChI is InChI=1S/C13H13N3O2/c14-7-10(11-2-1-5-15-16-11)9-3-4-12-13(6-9)18-8-17-12/h1-6,10H,7-8,14H2. The van der Waals surface area contributed by atoms with Crippen molar-refractivity contribution >= 4 is 0 Å². The first-order valence-electron chi connectivity index (χ1n) is 5.75. The zero-order chi connectivity index (χ0) is 12.4. The molecule has 0 saturated carbocycles.